The largest absolute Gasteiger partial charge is 0.461 e. The Bertz CT molecular complexity index is 1120. The second-order valence-corrected chi connectivity index (χ2v) is 7.07. The van der Waals surface area contributed by atoms with E-state index in [0.717, 1.165) is 16.6 Å². The van der Waals surface area contributed by atoms with Crippen molar-refractivity contribution in [3.8, 4) is 5.75 Å². The third-order valence-corrected chi connectivity index (χ3v) is 4.85. The molecule has 0 radical (unpaired) electrons. The fourth-order valence-corrected chi connectivity index (χ4v) is 3.38. The lowest BCUT2D eigenvalue weighted by atomic mass is 10.0. The van der Waals surface area contributed by atoms with Crippen molar-refractivity contribution in [3.05, 3.63) is 59.7 Å². The van der Waals surface area contributed by atoms with Gasteiger partial charge in [0, 0.05) is 36.0 Å². The molecule has 3 N–H and O–H groups in total. The summed E-state index contributed by atoms with van der Waals surface area (Å²) >= 11 is 0. The average Bonchev–Trinajstić information content (AvgIpc) is 2.66. The van der Waals surface area contributed by atoms with Gasteiger partial charge >= 0.3 is 0 Å². The maximum absolute atomic E-state index is 13.2. The monoisotopic (exact) mass is 397 g/mol. The van der Waals surface area contributed by atoms with Crippen LogP contribution in [0.2, 0.25) is 0 Å². The zero-order valence-corrected chi connectivity index (χ0v) is 16.3. The highest BCUT2D eigenvalue weighted by atomic mass is 19.3. The smallest absolute Gasteiger partial charge is 0.263 e. The third kappa shape index (κ3) is 3.65. The second-order valence-electron chi connectivity index (χ2n) is 7.07. The summed E-state index contributed by atoms with van der Waals surface area (Å²) in [4.78, 5) is 11.0. The van der Waals surface area contributed by atoms with Crippen molar-refractivity contribution in [2.24, 2.45) is 0 Å². The quantitative estimate of drug-likeness (QED) is 0.608. The number of hydrogen-bond acceptors (Lipinski definition) is 6. The van der Waals surface area contributed by atoms with Crippen molar-refractivity contribution >= 4 is 28.1 Å². The van der Waals surface area contributed by atoms with E-state index < -0.39 is 6.43 Å². The fourth-order valence-electron chi connectivity index (χ4n) is 3.38. The van der Waals surface area contributed by atoms with Gasteiger partial charge in [0.15, 0.2) is 5.75 Å². The van der Waals surface area contributed by atoms with Crippen molar-refractivity contribution < 1.29 is 13.5 Å². The number of benzene rings is 2. The number of ether oxygens (including phenoxy) is 1. The number of nitrogens with zero attached hydrogens (tertiary/aromatic N) is 3. The van der Waals surface area contributed by atoms with E-state index in [0.29, 0.717) is 28.6 Å². The van der Waals surface area contributed by atoms with E-state index in [9.17, 15) is 8.78 Å². The molecule has 0 bridgehead atoms. The van der Waals surface area contributed by atoms with Crippen molar-refractivity contribution in [1.29, 1.82) is 0 Å². The number of aromatic nitrogens is 2. The van der Waals surface area contributed by atoms with E-state index in [-0.39, 0.29) is 11.6 Å². The van der Waals surface area contributed by atoms with Crippen LogP contribution in [0.4, 0.5) is 26.0 Å². The summed E-state index contributed by atoms with van der Waals surface area (Å²) in [6.07, 6.45) is 0.850. The number of halogens is 2. The van der Waals surface area contributed by atoms with Crippen LogP contribution in [-0.2, 0) is 0 Å². The lowest BCUT2D eigenvalue weighted by molar-refractivity contribution is 0.151. The number of alkyl halides is 2. The number of fused-ring (bicyclic) bond motifs is 2. The van der Waals surface area contributed by atoms with Crippen LogP contribution in [0.5, 0.6) is 5.75 Å². The highest BCUT2D eigenvalue weighted by Crippen LogP contribution is 2.37. The van der Waals surface area contributed by atoms with E-state index in [1.807, 2.05) is 37.2 Å². The van der Waals surface area contributed by atoms with E-state index in [4.69, 9.17) is 10.5 Å². The van der Waals surface area contributed by atoms with Crippen LogP contribution < -0.4 is 20.7 Å². The summed E-state index contributed by atoms with van der Waals surface area (Å²) in [6.45, 7) is 3.68. The molecule has 2 heterocycles. The maximum atomic E-state index is 13.2. The van der Waals surface area contributed by atoms with E-state index in [2.05, 4.69) is 15.3 Å². The van der Waals surface area contributed by atoms with Crippen molar-refractivity contribution in [2.45, 2.75) is 26.3 Å². The van der Waals surface area contributed by atoms with Crippen LogP contribution in [0.1, 0.15) is 36.3 Å². The van der Waals surface area contributed by atoms with Gasteiger partial charge in [-0.15, -0.1) is 0 Å². The number of rotatable bonds is 4. The molecule has 150 valence electrons. The molecular formula is C21H21F2N5O. The Morgan fingerprint density at radius 2 is 1.86 bits per heavy atom. The molecule has 0 spiro atoms. The number of hydrogen-bond donors (Lipinski definition) is 2. The van der Waals surface area contributed by atoms with Gasteiger partial charge in [-0.2, -0.15) is 0 Å². The zero-order chi connectivity index (χ0) is 20.7. The Morgan fingerprint density at radius 1 is 1.10 bits per heavy atom. The van der Waals surface area contributed by atoms with Crippen molar-refractivity contribution in [3.63, 3.8) is 0 Å². The Balaban J connectivity index is 1.75. The number of nitrogen functional groups attached to an aromatic ring is 1. The Labute approximate surface area is 167 Å². The van der Waals surface area contributed by atoms with Gasteiger partial charge in [-0.3, -0.25) is 0 Å². The number of anilines is 3. The minimum Gasteiger partial charge on any atom is -0.461 e. The minimum atomic E-state index is -2.58. The van der Waals surface area contributed by atoms with Gasteiger partial charge in [0.25, 0.3) is 6.43 Å². The fraction of sp³-hybridized carbons (Fsp3) is 0.238. The van der Waals surface area contributed by atoms with Gasteiger partial charge in [0.2, 0.25) is 0 Å². The van der Waals surface area contributed by atoms with Gasteiger partial charge in [0.05, 0.1) is 17.2 Å². The van der Waals surface area contributed by atoms with Crippen LogP contribution in [-0.4, -0.2) is 17.0 Å². The molecule has 0 saturated carbocycles. The van der Waals surface area contributed by atoms with E-state index >= 15 is 0 Å². The first-order valence-electron chi connectivity index (χ1n) is 9.15. The zero-order valence-electron chi connectivity index (χ0n) is 16.3. The highest BCUT2D eigenvalue weighted by molar-refractivity contribution is 5.94. The summed E-state index contributed by atoms with van der Waals surface area (Å²) in [5, 5.41) is 4.14. The first-order chi connectivity index (χ1) is 13.8. The molecule has 1 atom stereocenters. The van der Waals surface area contributed by atoms with Crippen LogP contribution in [0.3, 0.4) is 0 Å². The summed E-state index contributed by atoms with van der Waals surface area (Å²) in [7, 11) is 1.92. The van der Waals surface area contributed by atoms with E-state index in [1.165, 1.54) is 12.1 Å². The summed E-state index contributed by atoms with van der Waals surface area (Å²) in [6, 6.07) is 7.97. The molecule has 0 saturated heterocycles. The predicted octanol–water partition coefficient (Wildman–Crippen LogP) is 4.93. The lowest BCUT2D eigenvalue weighted by Gasteiger charge is -2.23. The summed E-state index contributed by atoms with van der Waals surface area (Å²) in [5.41, 5.74) is 8.29. The predicted molar refractivity (Wildman–Crippen MR) is 110 cm³/mol. The molecular weight excluding hydrogens is 376 g/mol. The number of aryl methyl sites for hydroxylation is 1. The normalized spacial score (nSPS) is 14.1. The molecule has 1 aromatic heterocycles. The molecule has 4 rings (SSSR count). The minimum absolute atomic E-state index is 0.1000. The molecule has 0 aliphatic carbocycles. The first-order valence-corrected chi connectivity index (χ1v) is 9.15. The van der Waals surface area contributed by atoms with Crippen LogP contribution >= 0.6 is 0 Å². The molecule has 1 aliphatic rings. The molecule has 8 heteroatoms. The molecule has 1 unspecified atom stereocenters. The molecule has 1 aliphatic heterocycles. The summed E-state index contributed by atoms with van der Waals surface area (Å²) in [5.74, 6) is 1.91. The second kappa shape index (κ2) is 7.20. The van der Waals surface area contributed by atoms with Gasteiger partial charge in [-0.1, -0.05) is 0 Å². The Hall–Kier alpha value is -3.42. The van der Waals surface area contributed by atoms with Crippen LogP contribution in [0.15, 0.2) is 42.8 Å². The molecule has 2 aromatic carbocycles. The lowest BCUT2D eigenvalue weighted by Crippen LogP contribution is -2.14. The van der Waals surface area contributed by atoms with Gasteiger partial charge in [-0.25, -0.2) is 18.7 Å². The van der Waals surface area contributed by atoms with Crippen molar-refractivity contribution in [2.75, 3.05) is 23.0 Å². The topological polar surface area (TPSA) is 76.3 Å². The molecule has 0 fully saturated rings. The van der Waals surface area contributed by atoms with Gasteiger partial charge in [-0.05, 0) is 43.7 Å². The molecule has 0 amide bonds. The van der Waals surface area contributed by atoms with Crippen molar-refractivity contribution in [1.82, 2.24) is 9.97 Å². The first kappa shape index (κ1) is 18.9. The maximum Gasteiger partial charge on any atom is 0.263 e. The molecule has 3 aromatic rings. The average molecular weight is 397 g/mol. The number of nitrogens with two attached hydrogens (primary N) is 1. The standard InChI is InChI=1S/C21H21F2N5O/c1-11(13-6-14(20(22)23)8-15(24)7-13)25-21-16-9-18-19(29-5-4-28(18)3)10-17(16)26-12(2)27-21/h4-11,20H,24H2,1-3H3,(H,25,26,27). The third-order valence-electron chi connectivity index (χ3n) is 4.85. The number of nitrogens with one attached hydrogen (secondary N) is 1. The van der Waals surface area contributed by atoms with Gasteiger partial charge < -0.3 is 20.7 Å². The van der Waals surface area contributed by atoms with Crippen LogP contribution in [0, 0.1) is 6.92 Å². The highest BCUT2D eigenvalue weighted by Gasteiger charge is 2.18. The van der Waals surface area contributed by atoms with E-state index in [1.54, 1.807) is 19.3 Å². The molecule has 6 nitrogen and oxygen atoms in total. The van der Waals surface area contributed by atoms with Gasteiger partial charge in [0.1, 0.15) is 17.9 Å². The Kier molecular flexibility index (Phi) is 4.70. The Morgan fingerprint density at radius 3 is 2.62 bits per heavy atom. The summed E-state index contributed by atoms with van der Waals surface area (Å²) < 4.78 is 31.9. The SMILES string of the molecule is Cc1nc(NC(C)c2cc(N)cc(C(F)F)c2)c2cc3c(cc2n1)OC=CN3C. The molecule has 29 heavy (non-hydrogen) atoms. The van der Waals surface area contributed by atoms with Crippen LogP contribution in [0.25, 0.3) is 10.9 Å².